The van der Waals surface area contributed by atoms with Gasteiger partial charge in [-0.1, -0.05) is 12.1 Å². The molecule has 0 spiro atoms. The molecule has 2 fully saturated rings. The van der Waals surface area contributed by atoms with Crippen molar-refractivity contribution in [2.45, 2.75) is 55.8 Å². The Labute approximate surface area is 175 Å². The summed E-state index contributed by atoms with van der Waals surface area (Å²) in [5.41, 5.74) is -1.17. The van der Waals surface area contributed by atoms with Crippen molar-refractivity contribution in [3.05, 3.63) is 29.8 Å². The quantitative estimate of drug-likeness (QED) is 0.698. The van der Waals surface area contributed by atoms with Crippen LogP contribution in [0.5, 0.6) is 0 Å². The number of sulfonamides is 1. The summed E-state index contributed by atoms with van der Waals surface area (Å²) in [6.07, 6.45) is -1.83. The topological polar surface area (TPSA) is 69.7 Å². The van der Waals surface area contributed by atoms with E-state index in [1.165, 1.54) is 25.0 Å². The second-order valence-corrected chi connectivity index (χ2v) is 10.1. The number of amides is 1. The average molecular weight is 448 g/mol. The summed E-state index contributed by atoms with van der Waals surface area (Å²) in [6, 6.07) is 5.00. The first-order chi connectivity index (χ1) is 14.0. The lowest BCUT2D eigenvalue weighted by atomic mass is 9.97. The molecule has 0 radical (unpaired) electrons. The molecule has 1 aromatic carbocycles. The Morgan fingerprint density at radius 2 is 1.80 bits per heavy atom. The predicted octanol–water partition coefficient (Wildman–Crippen LogP) is 2.71. The van der Waals surface area contributed by atoms with Gasteiger partial charge in [0.05, 0.1) is 10.5 Å². The largest absolute Gasteiger partial charge is 0.417 e. The van der Waals surface area contributed by atoms with Gasteiger partial charge in [-0.2, -0.15) is 17.5 Å². The molecule has 6 nitrogen and oxygen atoms in total. The van der Waals surface area contributed by atoms with Gasteiger partial charge in [0.15, 0.2) is 0 Å². The molecule has 1 saturated heterocycles. The zero-order valence-electron chi connectivity index (χ0n) is 17.2. The van der Waals surface area contributed by atoms with Gasteiger partial charge in [-0.25, -0.2) is 8.42 Å². The molecular weight excluding hydrogens is 419 g/mol. The van der Waals surface area contributed by atoms with Crippen molar-refractivity contribution in [1.82, 2.24) is 14.5 Å². The molecule has 2 aliphatic rings. The second kappa shape index (κ2) is 8.84. The van der Waals surface area contributed by atoms with Gasteiger partial charge in [0.1, 0.15) is 0 Å². The van der Waals surface area contributed by atoms with Crippen molar-refractivity contribution in [3.8, 4) is 0 Å². The molecule has 0 aromatic heterocycles. The Kier molecular flexibility index (Phi) is 6.78. The van der Waals surface area contributed by atoms with Crippen LogP contribution in [0.15, 0.2) is 29.2 Å². The third kappa shape index (κ3) is 5.15. The lowest BCUT2D eigenvalue weighted by molar-refractivity contribution is -0.139. The fourth-order valence-electron chi connectivity index (χ4n) is 3.80. The van der Waals surface area contributed by atoms with Gasteiger partial charge in [0.2, 0.25) is 15.9 Å². The number of hydrogen-bond donors (Lipinski definition) is 1. The standard InChI is InChI=1S/C20H28F3N3O3S/c1-14(25(2)16-7-8-16)13-24-19(27)15-9-11-26(12-10-15)30(28,29)18-6-4-3-5-17(18)20(21,22)23/h3-6,14-16H,7-13H2,1-2H3,(H,24,27). The molecule has 1 aliphatic carbocycles. The smallest absolute Gasteiger partial charge is 0.354 e. The van der Waals surface area contributed by atoms with Gasteiger partial charge in [0, 0.05) is 37.6 Å². The van der Waals surface area contributed by atoms with Crippen molar-refractivity contribution in [1.29, 1.82) is 0 Å². The van der Waals surface area contributed by atoms with E-state index in [9.17, 15) is 26.4 Å². The third-order valence-electron chi connectivity index (χ3n) is 6.02. The summed E-state index contributed by atoms with van der Waals surface area (Å²) in [7, 11) is -2.25. The first kappa shape index (κ1) is 23.0. The molecule has 1 amide bonds. The number of halogens is 3. The summed E-state index contributed by atoms with van der Waals surface area (Å²) in [5, 5.41) is 2.93. The normalized spacial score (nSPS) is 20.3. The minimum absolute atomic E-state index is 0.0180. The molecule has 30 heavy (non-hydrogen) atoms. The van der Waals surface area contributed by atoms with Gasteiger partial charge >= 0.3 is 6.18 Å². The van der Waals surface area contributed by atoms with Gasteiger partial charge < -0.3 is 5.32 Å². The molecule has 1 atom stereocenters. The number of nitrogens with one attached hydrogen (secondary N) is 1. The molecule has 1 aromatic rings. The number of likely N-dealkylation sites (N-methyl/N-ethyl adjacent to an activating group) is 1. The van der Waals surface area contributed by atoms with Crippen LogP contribution in [0, 0.1) is 5.92 Å². The number of carbonyl (C=O) groups is 1. The number of carbonyl (C=O) groups excluding carboxylic acids is 1. The molecule has 0 bridgehead atoms. The van der Waals surface area contributed by atoms with Crippen LogP contribution in [0.3, 0.4) is 0 Å². The highest BCUT2D eigenvalue weighted by Gasteiger charge is 2.40. The maximum Gasteiger partial charge on any atom is 0.417 e. The SMILES string of the molecule is CC(CNC(=O)C1CCN(S(=O)(=O)c2ccccc2C(F)(F)F)CC1)N(C)C1CC1. The molecule has 3 rings (SSSR count). The van der Waals surface area contributed by atoms with Gasteiger partial charge in [-0.3, -0.25) is 9.69 Å². The highest BCUT2D eigenvalue weighted by Crippen LogP contribution is 2.36. The summed E-state index contributed by atoms with van der Waals surface area (Å²) in [4.78, 5) is 14.0. The molecule has 1 unspecified atom stereocenters. The Morgan fingerprint density at radius 1 is 1.20 bits per heavy atom. The van der Waals surface area contributed by atoms with E-state index in [-0.39, 0.29) is 43.8 Å². The second-order valence-electron chi connectivity index (χ2n) is 8.16. The van der Waals surface area contributed by atoms with E-state index in [2.05, 4.69) is 10.2 Å². The molecular formula is C20H28F3N3O3S. The summed E-state index contributed by atoms with van der Waals surface area (Å²) in [5.74, 6) is -0.466. The highest BCUT2D eigenvalue weighted by atomic mass is 32.2. The average Bonchev–Trinajstić information content (AvgIpc) is 3.56. The fraction of sp³-hybridized carbons (Fsp3) is 0.650. The van der Waals surface area contributed by atoms with E-state index in [1.807, 2.05) is 14.0 Å². The Bertz CT molecular complexity index is 864. The van der Waals surface area contributed by atoms with E-state index in [0.717, 1.165) is 16.4 Å². The van der Waals surface area contributed by atoms with Crippen LogP contribution in [0.25, 0.3) is 0 Å². The molecule has 1 N–H and O–H groups in total. The highest BCUT2D eigenvalue weighted by molar-refractivity contribution is 7.89. The van der Waals surface area contributed by atoms with Crippen LogP contribution in [-0.4, -0.2) is 62.3 Å². The van der Waals surface area contributed by atoms with E-state index in [4.69, 9.17) is 0 Å². The maximum atomic E-state index is 13.2. The minimum atomic E-state index is -4.76. The van der Waals surface area contributed by atoms with Crippen molar-refractivity contribution in [2.24, 2.45) is 5.92 Å². The third-order valence-corrected chi connectivity index (χ3v) is 7.98. The van der Waals surface area contributed by atoms with Crippen LogP contribution < -0.4 is 5.32 Å². The van der Waals surface area contributed by atoms with Crippen LogP contribution in [0.4, 0.5) is 13.2 Å². The Balaban J connectivity index is 1.58. The van der Waals surface area contributed by atoms with Crippen molar-refractivity contribution >= 4 is 15.9 Å². The molecule has 10 heteroatoms. The zero-order valence-corrected chi connectivity index (χ0v) is 18.0. The molecule has 168 valence electrons. The van der Waals surface area contributed by atoms with Crippen LogP contribution in [0.1, 0.15) is 38.2 Å². The van der Waals surface area contributed by atoms with Crippen molar-refractivity contribution in [3.63, 3.8) is 0 Å². The number of nitrogens with zero attached hydrogens (tertiary/aromatic N) is 2. The predicted molar refractivity (Wildman–Crippen MR) is 106 cm³/mol. The summed E-state index contributed by atoms with van der Waals surface area (Å²) < 4.78 is 66.4. The summed E-state index contributed by atoms with van der Waals surface area (Å²) >= 11 is 0. The number of piperidine rings is 1. The first-order valence-electron chi connectivity index (χ1n) is 10.2. The lowest BCUT2D eigenvalue weighted by Gasteiger charge is -2.32. The number of benzene rings is 1. The van der Waals surface area contributed by atoms with E-state index in [1.54, 1.807) is 0 Å². The maximum absolute atomic E-state index is 13.2. The van der Waals surface area contributed by atoms with Gasteiger partial charge in [-0.15, -0.1) is 0 Å². The van der Waals surface area contributed by atoms with E-state index < -0.39 is 26.7 Å². The van der Waals surface area contributed by atoms with Gasteiger partial charge in [-0.05, 0) is 51.8 Å². The number of hydrogen-bond acceptors (Lipinski definition) is 4. The minimum Gasteiger partial charge on any atom is -0.354 e. The van der Waals surface area contributed by atoms with Crippen molar-refractivity contribution in [2.75, 3.05) is 26.7 Å². The zero-order chi connectivity index (χ0) is 22.1. The number of rotatable bonds is 7. The monoisotopic (exact) mass is 447 g/mol. The van der Waals surface area contributed by atoms with Crippen LogP contribution in [-0.2, 0) is 21.0 Å². The summed E-state index contributed by atoms with van der Waals surface area (Å²) in [6.45, 7) is 2.60. The molecule has 1 saturated carbocycles. The Hall–Kier alpha value is -1.65. The first-order valence-corrected chi connectivity index (χ1v) is 11.6. The van der Waals surface area contributed by atoms with E-state index >= 15 is 0 Å². The number of alkyl halides is 3. The van der Waals surface area contributed by atoms with Crippen LogP contribution >= 0.6 is 0 Å². The fourth-order valence-corrected chi connectivity index (χ4v) is 5.48. The van der Waals surface area contributed by atoms with Crippen molar-refractivity contribution < 1.29 is 26.4 Å². The molecule has 1 heterocycles. The Morgan fingerprint density at radius 3 is 2.37 bits per heavy atom. The van der Waals surface area contributed by atoms with Gasteiger partial charge in [0.25, 0.3) is 0 Å². The van der Waals surface area contributed by atoms with Crippen LogP contribution in [0.2, 0.25) is 0 Å². The van der Waals surface area contributed by atoms with E-state index in [0.29, 0.717) is 12.6 Å². The lowest BCUT2D eigenvalue weighted by Crippen LogP contribution is -2.46. The molecule has 1 aliphatic heterocycles.